The van der Waals surface area contributed by atoms with Gasteiger partial charge in [0, 0.05) is 31.3 Å². The molecule has 2 aliphatic heterocycles. The minimum atomic E-state index is -1.18. The second kappa shape index (κ2) is 8.20. The first kappa shape index (κ1) is 19.4. The molecule has 0 radical (unpaired) electrons. The summed E-state index contributed by atoms with van der Waals surface area (Å²) in [6, 6.07) is 8.82. The molecule has 2 aromatic rings. The maximum absolute atomic E-state index is 13.9. The van der Waals surface area contributed by atoms with Crippen LogP contribution in [0.2, 0.25) is 0 Å². The second-order valence-electron chi connectivity index (χ2n) is 7.28. The average Bonchev–Trinajstić information content (AvgIpc) is 2.67. The number of nitrogens with one attached hydrogen (secondary N) is 1. The van der Waals surface area contributed by atoms with E-state index in [1.165, 1.54) is 0 Å². The van der Waals surface area contributed by atoms with E-state index >= 15 is 0 Å². The average molecular weight is 405 g/mol. The third-order valence-electron chi connectivity index (χ3n) is 5.11. The molecule has 2 aliphatic rings. The molecule has 2 atom stereocenters. The maximum atomic E-state index is 13.9. The van der Waals surface area contributed by atoms with E-state index in [2.05, 4.69) is 10.2 Å². The van der Waals surface area contributed by atoms with Gasteiger partial charge in [-0.05, 0) is 31.5 Å². The zero-order valence-electron chi connectivity index (χ0n) is 15.6. The van der Waals surface area contributed by atoms with Crippen LogP contribution in [-0.2, 0) is 0 Å². The van der Waals surface area contributed by atoms with Gasteiger partial charge in [-0.2, -0.15) is 4.39 Å². The lowest BCUT2D eigenvalue weighted by atomic mass is 10.0. The summed E-state index contributed by atoms with van der Waals surface area (Å²) in [5.41, 5.74) is -0.866. The Kier molecular flexibility index (Phi) is 5.48. The number of hydrogen-bond acceptors (Lipinski definition) is 6. The van der Waals surface area contributed by atoms with Crippen molar-refractivity contribution in [3.05, 3.63) is 58.1 Å². The standard InChI is InChI=1S/C20H21F2N3O4/c21-13-8-16(22)20(25(26)27)17(9-13)23-14-4-3-7-24(10-14)11-15-12-28-18-5-1-2-6-19(18)29-15/h1-2,5-6,8-9,14-15,23H,3-4,7,10-12H2. The number of para-hydroxylation sites is 2. The van der Waals surface area contributed by atoms with Crippen molar-refractivity contribution in [1.29, 1.82) is 0 Å². The molecule has 29 heavy (non-hydrogen) atoms. The van der Waals surface area contributed by atoms with Gasteiger partial charge in [0.05, 0.1) is 4.92 Å². The fourth-order valence-electron chi connectivity index (χ4n) is 3.86. The molecule has 7 nitrogen and oxygen atoms in total. The molecule has 0 amide bonds. The van der Waals surface area contributed by atoms with Crippen molar-refractivity contribution >= 4 is 11.4 Å². The molecule has 0 aromatic heterocycles. The number of halogens is 2. The lowest BCUT2D eigenvalue weighted by Gasteiger charge is -2.36. The molecule has 0 spiro atoms. The van der Waals surface area contributed by atoms with E-state index in [0.717, 1.165) is 31.2 Å². The van der Waals surface area contributed by atoms with Gasteiger partial charge in [-0.25, -0.2) is 4.39 Å². The van der Waals surface area contributed by atoms with E-state index in [1.54, 1.807) is 0 Å². The summed E-state index contributed by atoms with van der Waals surface area (Å²) in [7, 11) is 0. The fraction of sp³-hybridized carbons (Fsp3) is 0.400. The Labute approximate surface area is 166 Å². The number of fused-ring (bicyclic) bond motifs is 1. The molecule has 1 N–H and O–H groups in total. The normalized spacial score (nSPS) is 21.6. The number of ether oxygens (including phenoxy) is 2. The van der Waals surface area contributed by atoms with Crippen LogP contribution in [0.5, 0.6) is 11.5 Å². The van der Waals surface area contributed by atoms with Crippen LogP contribution in [-0.4, -0.2) is 48.2 Å². The Morgan fingerprint density at radius 3 is 2.83 bits per heavy atom. The van der Waals surface area contributed by atoms with Crippen molar-refractivity contribution in [1.82, 2.24) is 4.90 Å². The van der Waals surface area contributed by atoms with Gasteiger partial charge in [-0.15, -0.1) is 0 Å². The Hall–Kier alpha value is -2.94. The van der Waals surface area contributed by atoms with Crippen molar-refractivity contribution in [2.45, 2.75) is 25.0 Å². The predicted molar refractivity (Wildman–Crippen MR) is 102 cm³/mol. The Morgan fingerprint density at radius 1 is 1.24 bits per heavy atom. The van der Waals surface area contributed by atoms with Gasteiger partial charge >= 0.3 is 5.69 Å². The van der Waals surface area contributed by atoms with Gasteiger partial charge in [-0.1, -0.05) is 12.1 Å². The lowest BCUT2D eigenvalue weighted by Crippen LogP contribution is -2.48. The molecule has 4 rings (SSSR count). The minimum Gasteiger partial charge on any atom is -0.486 e. The van der Waals surface area contributed by atoms with Crippen LogP contribution in [0.3, 0.4) is 0 Å². The minimum absolute atomic E-state index is 0.134. The van der Waals surface area contributed by atoms with Gasteiger partial charge < -0.3 is 14.8 Å². The third kappa shape index (κ3) is 4.40. The highest BCUT2D eigenvalue weighted by molar-refractivity contribution is 5.62. The number of rotatable bonds is 5. The van der Waals surface area contributed by atoms with Crippen molar-refractivity contribution < 1.29 is 23.2 Å². The summed E-state index contributed by atoms with van der Waals surface area (Å²) in [6.07, 6.45) is 1.47. The first-order valence-corrected chi connectivity index (χ1v) is 9.50. The molecule has 2 aromatic carbocycles. The highest BCUT2D eigenvalue weighted by Crippen LogP contribution is 2.32. The van der Waals surface area contributed by atoms with Crippen LogP contribution in [0.25, 0.3) is 0 Å². The monoisotopic (exact) mass is 405 g/mol. The zero-order valence-corrected chi connectivity index (χ0v) is 15.6. The molecule has 1 saturated heterocycles. The first-order chi connectivity index (χ1) is 14.0. The summed E-state index contributed by atoms with van der Waals surface area (Å²) in [4.78, 5) is 12.5. The van der Waals surface area contributed by atoms with Gasteiger partial charge in [0.2, 0.25) is 5.82 Å². The highest BCUT2D eigenvalue weighted by Gasteiger charge is 2.29. The zero-order chi connectivity index (χ0) is 20.4. The van der Waals surface area contributed by atoms with Gasteiger partial charge in [-0.3, -0.25) is 15.0 Å². The number of nitro groups is 1. The Bertz CT molecular complexity index is 911. The van der Waals surface area contributed by atoms with Crippen molar-refractivity contribution in [3.63, 3.8) is 0 Å². The smallest absolute Gasteiger partial charge is 0.327 e. The molecule has 2 heterocycles. The second-order valence-corrected chi connectivity index (χ2v) is 7.28. The van der Waals surface area contributed by atoms with Crippen LogP contribution in [0.1, 0.15) is 12.8 Å². The van der Waals surface area contributed by atoms with Crippen LogP contribution < -0.4 is 14.8 Å². The van der Waals surface area contributed by atoms with Crippen molar-refractivity contribution in [2.75, 3.05) is 31.6 Å². The van der Waals surface area contributed by atoms with E-state index < -0.39 is 22.2 Å². The third-order valence-corrected chi connectivity index (χ3v) is 5.11. The van der Waals surface area contributed by atoms with Crippen LogP contribution in [0.15, 0.2) is 36.4 Å². The topological polar surface area (TPSA) is 76.9 Å². The van der Waals surface area contributed by atoms with Crippen molar-refractivity contribution in [3.8, 4) is 11.5 Å². The number of nitro benzene ring substituents is 1. The number of anilines is 1. The maximum Gasteiger partial charge on any atom is 0.327 e. The number of piperidine rings is 1. The van der Waals surface area contributed by atoms with Crippen molar-refractivity contribution in [2.24, 2.45) is 0 Å². The number of nitrogens with zero attached hydrogens (tertiary/aromatic N) is 2. The van der Waals surface area contributed by atoms with Gasteiger partial charge in [0.1, 0.15) is 24.2 Å². The molecule has 0 saturated carbocycles. The molecule has 9 heteroatoms. The van der Waals surface area contributed by atoms with Gasteiger partial charge in [0.25, 0.3) is 0 Å². The van der Waals surface area contributed by atoms with E-state index in [4.69, 9.17) is 9.47 Å². The number of benzene rings is 2. The summed E-state index contributed by atoms with van der Waals surface area (Å²) in [6.45, 7) is 2.49. The summed E-state index contributed by atoms with van der Waals surface area (Å²) in [5, 5.41) is 14.1. The Morgan fingerprint density at radius 2 is 2.03 bits per heavy atom. The largest absolute Gasteiger partial charge is 0.486 e. The molecular weight excluding hydrogens is 384 g/mol. The molecular formula is C20H21F2N3O4. The molecule has 0 bridgehead atoms. The number of hydrogen-bond donors (Lipinski definition) is 1. The van der Waals surface area contributed by atoms with Crippen LogP contribution in [0, 0.1) is 21.7 Å². The predicted octanol–water partition coefficient (Wildman–Crippen LogP) is 3.59. The summed E-state index contributed by atoms with van der Waals surface area (Å²) < 4.78 is 39.2. The molecule has 154 valence electrons. The van der Waals surface area contributed by atoms with Gasteiger partial charge in [0.15, 0.2) is 11.5 Å². The van der Waals surface area contributed by atoms with E-state index in [9.17, 15) is 18.9 Å². The van der Waals surface area contributed by atoms with Crippen LogP contribution >= 0.6 is 0 Å². The molecule has 2 unspecified atom stereocenters. The summed E-state index contributed by atoms with van der Waals surface area (Å²) in [5.74, 6) is -0.602. The lowest BCUT2D eigenvalue weighted by molar-refractivity contribution is -0.386. The van der Waals surface area contributed by atoms with E-state index in [0.29, 0.717) is 31.5 Å². The SMILES string of the molecule is O=[N+]([O-])c1c(F)cc(F)cc1NC1CCCN(CC2COc3ccccc3O2)C1. The van der Waals surface area contributed by atoms with Crippen LogP contribution in [0.4, 0.5) is 20.2 Å². The number of likely N-dealkylation sites (tertiary alicyclic amines) is 1. The molecule has 1 fully saturated rings. The molecule has 0 aliphatic carbocycles. The first-order valence-electron chi connectivity index (χ1n) is 9.50. The Balaban J connectivity index is 1.40. The van der Waals surface area contributed by atoms with E-state index in [1.807, 2.05) is 24.3 Å². The fourth-order valence-corrected chi connectivity index (χ4v) is 3.86. The highest BCUT2D eigenvalue weighted by atomic mass is 19.1. The van der Waals surface area contributed by atoms with E-state index in [-0.39, 0.29) is 17.8 Å². The quantitative estimate of drug-likeness (QED) is 0.605. The summed E-state index contributed by atoms with van der Waals surface area (Å²) >= 11 is 0.